The molecule has 0 unspecified atom stereocenters. The predicted octanol–water partition coefficient (Wildman–Crippen LogP) is 6.57. The van der Waals surface area contributed by atoms with Crippen LogP contribution in [0.25, 0.3) is 6.08 Å². The Morgan fingerprint density at radius 2 is 1.50 bits per heavy atom. The van der Waals surface area contributed by atoms with Crippen molar-refractivity contribution < 1.29 is 23.7 Å². The highest BCUT2D eigenvalue weighted by Crippen LogP contribution is 2.36. The summed E-state index contributed by atoms with van der Waals surface area (Å²) < 4.78 is 25.0. The van der Waals surface area contributed by atoms with Gasteiger partial charge in [-0.2, -0.15) is 0 Å². The summed E-state index contributed by atoms with van der Waals surface area (Å²) in [5.41, 5.74) is 4.11. The molecule has 7 nitrogen and oxygen atoms in total. The second kappa shape index (κ2) is 13.2. The molecule has 36 heavy (non-hydrogen) atoms. The molecule has 0 saturated carbocycles. The van der Waals surface area contributed by atoms with Crippen LogP contribution in [-0.4, -0.2) is 34.2 Å². The van der Waals surface area contributed by atoms with Gasteiger partial charge in [-0.15, -0.1) is 0 Å². The highest BCUT2D eigenvalue weighted by Gasteiger charge is 2.11. The smallest absolute Gasteiger partial charge is 0.187 e. The predicted molar refractivity (Wildman–Crippen MR) is 148 cm³/mol. The van der Waals surface area contributed by atoms with Gasteiger partial charge in [-0.25, -0.2) is 0 Å². The van der Waals surface area contributed by atoms with E-state index >= 15 is 0 Å². The van der Waals surface area contributed by atoms with Crippen molar-refractivity contribution in [2.24, 2.45) is 0 Å². The summed E-state index contributed by atoms with van der Waals surface area (Å²) in [7, 11) is 6.40. The van der Waals surface area contributed by atoms with Gasteiger partial charge in [0.05, 0.1) is 39.7 Å². The number of anilines is 2. The summed E-state index contributed by atoms with van der Waals surface area (Å²) in [6.07, 6.45) is 5.01. The van der Waals surface area contributed by atoms with Gasteiger partial charge in [0.2, 0.25) is 0 Å². The van der Waals surface area contributed by atoms with Gasteiger partial charge < -0.3 is 29.0 Å². The number of aryl methyl sites for hydroxylation is 1. The Morgan fingerprint density at radius 1 is 0.833 bits per heavy atom. The fraction of sp³-hybridized carbons (Fsp3) is 0.179. The van der Waals surface area contributed by atoms with Crippen LogP contribution in [0.5, 0.6) is 23.0 Å². The number of allylic oxidation sites excluding steroid dienone is 1. The van der Waals surface area contributed by atoms with Gasteiger partial charge in [-0.3, -0.25) is 4.79 Å². The summed E-state index contributed by atoms with van der Waals surface area (Å²) in [5.74, 6) is 2.51. The van der Waals surface area contributed by atoms with Crippen molar-refractivity contribution in [3.05, 3.63) is 89.0 Å². The first-order valence-electron chi connectivity index (χ1n) is 11.1. The van der Waals surface area contributed by atoms with Gasteiger partial charge in [0.1, 0.15) is 23.0 Å². The third-order valence-electron chi connectivity index (χ3n) is 5.24. The number of ether oxygens (including phenoxy) is 4. The van der Waals surface area contributed by atoms with E-state index in [0.717, 1.165) is 22.5 Å². The number of nitrogens with one attached hydrogen (secondary N) is 2. The van der Waals surface area contributed by atoms with Crippen LogP contribution in [0.4, 0.5) is 11.4 Å². The van der Waals surface area contributed by atoms with Crippen molar-refractivity contribution in [3.63, 3.8) is 0 Å². The average Bonchev–Trinajstić information content (AvgIpc) is 2.91. The van der Waals surface area contributed by atoms with E-state index in [1.54, 1.807) is 46.8 Å². The lowest BCUT2D eigenvalue weighted by molar-refractivity contribution is 0.104. The molecule has 0 radical (unpaired) electrons. The van der Waals surface area contributed by atoms with E-state index < -0.39 is 0 Å². The summed E-state index contributed by atoms with van der Waals surface area (Å²) in [4.78, 5) is 12.4. The molecule has 0 heterocycles. The molecular weight excluding hydrogens is 476 g/mol. The SMILES string of the molecule is COc1cc(OC)c(/C=C/SNc2ccc(OC)c(N/C=C\C(=O)c3ccc(C)cc3)c2)c(OC)c1. The van der Waals surface area contributed by atoms with Crippen LogP contribution in [0.2, 0.25) is 0 Å². The van der Waals surface area contributed by atoms with Gasteiger partial charge >= 0.3 is 0 Å². The van der Waals surface area contributed by atoms with Crippen LogP contribution in [0, 0.1) is 6.92 Å². The molecule has 2 N–H and O–H groups in total. The van der Waals surface area contributed by atoms with E-state index in [0.29, 0.717) is 28.6 Å². The van der Waals surface area contributed by atoms with Gasteiger partial charge in [0.15, 0.2) is 5.78 Å². The largest absolute Gasteiger partial charge is 0.496 e. The molecule has 0 saturated heterocycles. The molecule has 3 aromatic carbocycles. The fourth-order valence-corrected chi connectivity index (χ4v) is 3.84. The molecule has 0 aliphatic carbocycles. The van der Waals surface area contributed by atoms with Crippen molar-refractivity contribution in [1.82, 2.24) is 0 Å². The van der Waals surface area contributed by atoms with Gasteiger partial charge in [0, 0.05) is 35.7 Å². The molecule has 0 atom stereocenters. The number of benzene rings is 3. The molecule has 0 aliphatic heterocycles. The Bertz CT molecular complexity index is 1210. The number of carbonyl (C=O) groups is 1. The molecule has 0 spiro atoms. The summed E-state index contributed by atoms with van der Waals surface area (Å²) in [6, 6.07) is 16.7. The van der Waals surface area contributed by atoms with Crippen molar-refractivity contribution in [1.29, 1.82) is 0 Å². The van der Waals surface area contributed by atoms with Crippen LogP contribution >= 0.6 is 11.9 Å². The zero-order valence-corrected chi connectivity index (χ0v) is 21.8. The van der Waals surface area contributed by atoms with Crippen LogP contribution in [0.3, 0.4) is 0 Å². The lowest BCUT2D eigenvalue weighted by Gasteiger charge is -2.13. The van der Waals surface area contributed by atoms with E-state index in [1.807, 2.05) is 60.9 Å². The normalized spacial score (nSPS) is 10.9. The van der Waals surface area contributed by atoms with Gasteiger partial charge in [0.25, 0.3) is 0 Å². The highest BCUT2D eigenvalue weighted by molar-refractivity contribution is 8.03. The Hall–Kier alpha value is -4.04. The number of ketones is 1. The number of hydrogen-bond donors (Lipinski definition) is 2. The molecule has 3 rings (SSSR count). The van der Waals surface area contributed by atoms with Crippen LogP contribution in [0.15, 0.2) is 72.3 Å². The minimum absolute atomic E-state index is 0.0826. The zero-order chi connectivity index (χ0) is 25.9. The summed E-state index contributed by atoms with van der Waals surface area (Å²) in [5, 5.41) is 5.03. The number of rotatable bonds is 12. The topological polar surface area (TPSA) is 78.0 Å². The van der Waals surface area contributed by atoms with E-state index in [-0.39, 0.29) is 5.78 Å². The third-order valence-corrected chi connectivity index (χ3v) is 5.87. The zero-order valence-electron chi connectivity index (χ0n) is 21.0. The first kappa shape index (κ1) is 26.6. The van der Waals surface area contributed by atoms with Crippen molar-refractivity contribution in [3.8, 4) is 23.0 Å². The Balaban J connectivity index is 1.66. The molecular formula is C28H30N2O5S. The molecule has 8 heteroatoms. The molecule has 3 aromatic rings. The maximum atomic E-state index is 12.4. The fourth-order valence-electron chi connectivity index (χ4n) is 3.31. The lowest BCUT2D eigenvalue weighted by atomic mass is 10.1. The monoisotopic (exact) mass is 506 g/mol. The van der Waals surface area contributed by atoms with Crippen molar-refractivity contribution >= 4 is 35.2 Å². The highest BCUT2D eigenvalue weighted by atomic mass is 32.2. The molecule has 0 bridgehead atoms. The second-order valence-corrected chi connectivity index (χ2v) is 8.30. The van der Waals surface area contributed by atoms with Crippen LogP contribution < -0.4 is 29.0 Å². The summed E-state index contributed by atoms with van der Waals surface area (Å²) >= 11 is 1.39. The maximum absolute atomic E-state index is 12.4. The molecule has 0 aromatic heterocycles. The number of carbonyl (C=O) groups excluding carboxylic acids is 1. The van der Waals surface area contributed by atoms with Crippen molar-refractivity contribution in [2.75, 3.05) is 38.5 Å². The van der Waals surface area contributed by atoms with Gasteiger partial charge in [-0.1, -0.05) is 29.8 Å². The van der Waals surface area contributed by atoms with Crippen LogP contribution in [0.1, 0.15) is 21.5 Å². The first-order valence-corrected chi connectivity index (χ1v) is 12.0. The first-order chi connectivity index (χ1) is 17.5. The van der Waals surface area contributed by atoms with Gasteiger partial charge in [-0.05, 0) is 48.6 Å². The lowest BCUT2D eigenvalue weighted by Crippen LogP contribution is -1.98. The molecule has 0 fully saturated rings. The van der Waals surface area contributed by atoms with E-state index in [4.69, 9.17) is 18.9 Å². The van der Waals surface area contributed by atoms with E-state index in [1.165, 1.54) is 18.0 Å². The molecule has 0 amide bonds. The minimum atomic E-state index is -0.0826. The number of hydrogen-bond acceptors (Lipinski definition) is 8. The Morgan fingerprint density at radius 3 is 2.11 bits per heavy atom. The van der Waals surface area contributed by atoms with Crippen LogP contribution in [-0.2, 0) is 0 Å². The quantitative estimate of drug-likeness (QED) is 0.162. The standard InChI is InChI=1S/C28H30N2O5S/c1-19-6-8-20(9-7-19)25(31)12-14-29-24-16-21(10-11-26(24)33-3)30-36-15-13-23-27(34-4)17-22(32-2)18-28(23)35-5/h6-18,29-30H,1-5H3/b14-12-,15-13+. The Kier molecular flexibility index (Phi) is 9.71. The number of methoxy groups -OCH3 is 4. The minimum Gasteiger partial charge on any atom is -0.496 e. The van der Waals surface area contributed by atoms with Crippen molar-refractivity contribution in [2.45, 2.75) is 6.92 Å². The molecule has 0 aliphatic rings. The third kappa shape index (κ3) is 6.99. The summed E-state index contributed by atoms with van der Waals surface area (Å²) in [6.45, 7) is 1.99. The van der Waals surface area contributed by atoms with E-state index in [9.17, 15) is 4.79 Å². The molecule has 188 valence electrons. The maximum Gasteiger partial charge on any atom is 0.187 e. The Labute approximate surface area is 216 Å². The van der Waals surface area contributed by atoms with E-state index in [2.05, 4.69) is 10.0 Å². The average molecular weight is 507 g/mol. The second-order valence-electron chi connectivity index (χ2n) is 7.59.